The molecule has 1 fully saturated rings. The van der Waals surface area contributed by atoms with Crippen LogP contribution in [0.25, 0.3) is 0 Å². The molecule has 1 heterocycles. The number of benzene rings is 1. The van der Waals surface area contributed by atoms with Gasteiger partial charge in [-0.1, -0.05) is 23.7 Å². The molecule has 1 aliphatic heterocycles. The Balaban J connectivity index is 2.32. The van der Waals surface area contributed by atoms with Crippen LogP contribution in [0.5, 0.6) is 0 Å². The molecule has 2 rings (SSSR count). The molecule has 0 amide bonds. The molecule has 0 bridgehead atoms. The number of halogens is 1. The van der Waals surface area contributed by atoms with Crippen LogP contribution in [0.1, 0.15) is 18.4 Å². The van der Waals surface area contributed by atoms with Gasteiger partial charge in [0.15, 0.2) is 0 Å². The summed E-state index contributed by atoms with van der Waals surface area (Å²) in [6.45, 7) is 2.10. The summed E-state index contributed by atoms with van der Waals surface area (Å²) in [5.41, 5.74) is 0.901. The van der Waals surface area contributed by atoms with Crippen LogP contribution in [0.3, 0.4) is 0 Å². The van der Waals surface area contributed by atoms with E-state index >= 15 is 0 Å². The number of thioether (sulfide) groups is 1. The van der Waals surface area contributed by atoms with E-state index in [1.54, 1.807) is 19.1 Å². The normalized spacial score (nSPS) is 24.6. The molecule has 0 spiro atoms. The highest BCUT2D eigenvalue weighted by Gasteiger charge is 2.46. The summed E-state index contributed by atoms with van der Waals surface area (Å²) in [4.78, 5) is 24.1. The lowest BCUT2D eigenvalue weighted by Crippen LogP contribution is -2.30. The monoisotopic (exact) mass is 328 g/mol. The van der Waals surface area contributed by atoms with Gasteiger partial charge in [-0.05, 0) is 24.6 Å². The highest BCUT2D eigenvalue weighted by Crippen LogP contribution is 2.45. The highest BCUT2D eigenvalue weighted by atomic mass is 35.5. The number of hydrogen-bond acceptors (Lipinski definition) is 5. The molecular weight excluding hydrogens is 312 g/mol. The van der Waals surface area contributed by atoms with E-state index in [-0.39, 0.29) is 23.8 Å². The molecule has 0 N–H and O–H groups in total. The topological polar surface area (TPSA) is 52.6 Å². The molecule has 0 radical (unpaired) electrons. The minimum absolute atomic E-state index is 0.251. The van der Waals surface area contributed by atoms with Gasteiger partial charge >= 0.3 is 11.9 Å². The summed E-state index contributed by atoms with van der Waals surface area (Å²) in [5.74, 6) is -0.638. The summed E-state index contributed by atoms with van der Waals surface area (Å²) in [6, 6.07) is 7.22. The van der Waals surface area contributed by atoms with E-state index in [9.17, 15) is 9.59 Å². The van der Waals surface area contributed by atoms with Crippen LogP contribution in [0, 0.1) is 5.92 Å². The predicted molar refractivity (Wildman–Crippen MR) is 82.6 cm³/mol. The van der Waals surface area contributed by atoms with Gasteiger partial charge in [-0.15, -0.1) is 11.8 Å². The van der Waals surface area contributed by atoms with Crippen LogP contribution in [-0.4, -0.2) is 36.7 Å². The van der Waals surface area contributed by atoms with E-state index in [1.807, 2.05) is 12.1 Å². The van der Waals surface area contributed by atoms with Gasteiger partial charge in [0.1, 0.15) is 5.25 Å². The van der Waals surface area contributed by atoms with Crippen molar-refractivity contribution < 1.29 is 19.1 Å². The second-order valence-corrected chi connectivity index (χ2v) is 6.32. The van der Waals surface area contributed by atoms with Gasteiger partial charge in [0.25, 0.3) is 0 Å². The molecule has 1 aromatic carbocycles. The molecule has 6 heteroatoms. The lowest BCUT2D eigenvalue weighted by Gasteiger charge is -2.22. The van der Waals surface area contributed by atoms with Gasteiger partial charge in [0.2, 0.25) is 0 Å². The molecule has 1 aliphatic rings. The van der Waals surface area contributed by atoms with E-state index in [2.05, 4.69) is 0 Å². The Labute approximate surface area is 133 Å². The second-order valence-electron chi connectivity index (χ2n) is 4.71. The first-order valence-electron chi connectivity index (χ1n) is 6.70. The molecule has 3 unspecified atom stereocenters. The van der Waals surface area contributed by atoms with Gasteiger partial charge in [0, 0.05) is 16.7 Å². The Morgan fingerprint density at radius 1 is 1.29 bits per heavy atom. The fraction of sp³-hybridized carbons (Fsp3) is 0.467. The number of carbonyl (C=O) groups is 2. The van der Waals surface area contributed by atoms with Crippen molar-refractivity contribution in [3.05, 3.63) is 34.9 Å². The third-order valence-electron chi connectivity index (χ3n) is 3.49. The summed E-state index contributed by atoms with van der Waals surface area (Å²) < 4.78 is 9.99. The zero-order chi connectivity index (χ0) is 15.4. The van der Waals surface area contributed by atoms with Crippen LogP contribution >= 0.6 is 23.4 Å². The predicted octanol–water partition coefficient (Wildman–Crippen LogP) is 2.89. The van der Waals surface area contributed by atoms with E-state index in [0.29, 0.717) is 17.4 Å². The molecule has 1 aromatic rings. The SMILES string of the molecule is CCOC(=O)C1SCC(C(=O)OC)C1c1ccc(Cl)cc1. The molecular formula is C15H17ClO4S. The summed E-state index contributed by atoms with van der Waals surface area (Å²) >= 11 is 7.35. The Morgan fingerprint density at radius 2 is 1.95 bits per heavy atom. The molecule has 21 heavy (non-hydrogen) atoms. The van der Waals surface area contributed by atoms with Crippen molar-refractivity contribution in [2.24, 2.45) is 5.92 Å². The molecule has 0 aromatic heterocycles. The van der Waals surface area contributed by atoms with E-state index in [0.717, 1.165) is 5.56 Å². The molecule has 114 valence electrons. The molecule has 4 nitrogen and oxygen atoms in total. The fourth-order valence-electron chi connectivity index (χ4n) is 2.52. The van der Waals surface area contributed by atoms with Gasteiger partial charge in [-0.3, -0.25) is 9.59 Å². The van der Waals surface area contributed by atoms with Crippen molar-refractivity contribution >= 4 is 35.3 Å². The van der Waals surface area contributed by atoms with Crippen molar-refractivity contribution in [2.45, 2.75) is 18.1 Å². The average Bonchev–Trinajstić information content (AvgIpc) is 2.92. The first kappa shape index (κ1) is 16.2. The number of hydrogen-bond donors (Lipinski definition) is 0. The number of carbonyl (C=O) groups excluding carboxylic acids is 2. The lowest BCUT2D eigenvalue weighted by atomic mass is 9.84. The minimum atomic E-state index is -0.393. The van der Waals surface area contributed by atoms with E-state index < -0.39 is 5.25 Å². The highest BCUT2D eigenvalue weighted by molar-refractivity contribution is 8.00. The largest absolute Gasteiger partial charge is 0.469 e. The standard InChI is InChI=1S/C15H17ClO4S/c1-3-20-15(18)13-12(9-4-6-10(16)7-5-9)11(8-21-13)14(17)19-2/h4-7,11-13H,3,8H2,1-2H3. The van der Waals surface area contributed by atoms with Gasteiger partial charge < -0.3 is 9.47 Å². The quantitative estimate of drug-likeness (QED) is 0.795. The van der Waals surface area contributed by atoms with Crippen molar-refractivity contribution in [2.75, 3.05) is 19.5 Å². The third-order valence-corrected chi connectivity index (χ3v) is 5.14. The zero-order valence-corrected chi connectivity index (χ0v) is 13.4. The summed E-state index contributed by atoms with van der Waals surface area (Å²) in [6.07, 6.45) is 0. The van der Waals surface area contributed by atoms with Crippen molar-refractivity contribution in [1.29, 1.82) is 0 Å². The van der Waals surface area contributed by atoms with Crippen LogP contribution in [0.2, 0.25) is 5.02 Å². The molecule has 1 saturated heterocycles. The number of methoxy groups -OCH3 is 1. The number of esters is 2. The van der Waals surface area contributed by atoms with Gasteiger partial charge in [-0.25, -0.2) is 0 Å². The van der Waals surface area contributed by atoms with E-state index in [1.165, 1.54) is 18.9 Å². The maximum Gasteiger partial charge on any atom is 0.319 e. The maximum atomic E-state index is 12.1. The second kappa shape index (κ2) is 7.18. The number of rotatable bonds is 4. The molecule has 0 aliphatic carbocycles. The summed E-state index contributed by atoms with van der Waals surface area (Å²) in [7, 11) is 1.36. The smallest absolute Gasteiger partial charge is 0.319 e. The first-order chi connectivity index (χ1) is 10.1. The van der Waals surface area contributed by atoms with Crippen molar-refractivity contribution in [3.63, 3.8) is 0 Å². The Morgan fingerprint density at radius 3 is 2.52 bits per heavy atom. The van der Waals surface area contributed by atoms with Crippen LogP contribution in [0.15, 0.2) is 24.3 Å². The first-order valence-corrected chi connectivity index (χ1v) is 8.12. The maximum absolute atomic E-state index is 12.1. The molecule has 0 saturated carbocycles. The number of ether oxygens (including phenoxy) is 2. The van der Waals surface area contributed by atoms with Crippen LogP contribution < -0.4 is 0 Å². The Hall–Kier alpha value is -1.20. The average molecular weight is 329 g/mol. The fourth-order valence-corrected chi connectivity index (χ4v) is 4.17. The van der Waals surface area contributed by atoms with Crippen LogP contribution in [0.4, 0.5) is 0 Å². The Kier molecular flexibility index (Phi) is 5.53. The zero-order valence-electron chi connectivity index (χ0n) is 11.9. The van der Waals surface area contributed by atoms with Gasteiger partial charge in [0.05, 0.1) is 19.6 Å². The minimum Gasteiger partial charge on any atom is -0.469 e. The van der Waals surface area contributed by atoms with Crippen molar-refractivity contribution in [1.82, 2.24) is 0 Å². The van der Waals surface area contributed by atoms with Crippen LogP contribution in [-0.2, 0) is 19.1 Å². The molecule has 3 atom stereocenters. The third kappa shape index (κ3) is 3.52. The summed E-state index contributed by atoms with van der Waals surface area (Å²) in [5, 5.41) is 0.224. The van der Waals surface area contributed by atoms with Crippen molar-refractivity contribution in [3.8, 4) is 0 Å². The van der Waals surface area contributed by atoms with E-state index in [4.69, 9.17) is 21.1 Å². The Bertz CT molecular complexity index is 517. The lowest BCUT2D eigenvalue weighted by molar-refractivity contribution is -0.146. The van der Waals surface area contributed by atoms with Gasteiger partial charge in [-0.2, -0.15) is 0 Å².